The Balaban J connectivity index is 2.15. The largest absolute Gasteiger partial charge is 0.507 e. The van der Waals surface area contributed by atoms with Crippen molar-refractivity contribution >= 4 is 17.4 Å². The molecule has 0 aliphatic carbocycles. The van der Waals surface area contributed by atoms with Crippen molar-refractivity contribution in [3.8, 4) is 11.5 Å². The second-order valence-electron chi connectivity index (χ2n) is 6.62. The van der Waals surface area contributed by atoms with Crippen molar-refractivity contribution in [1.82, 2.24) is 4.90 Å². The monoisotopic (exact) mass is 381 g/mol. The molecule has 2 aromatic rings. The van der Waals surface area contributed by atoms with E-state index in [4.69, 9.17) is 9.47 Å². The summed E-state index contributed by atoms with van der Waals surface area (Å²) < 4.78 is 10.8. The fraction of sp³-hybridized carbons (Fsp3) is 0.273. The van der Waals surface area contributed by atoms with Crippen LogP contribution >= 0.6 is 0 Å². The maximum atomic E-state index is 12.7. The first-order valence-electron chi connectivity index (χ1n) is 9.01. The Bertz CT molecular complexity index is 946. The smallest absolute Gasteiger partial charge is 0.295 e. The molecule has 1 amide bonds. The van der Waals surface area contributed by atoms with Crippen LogP contribution in [0, 0.1) is 6.92 Å². The fourth-order valence-electron chi connectivity index (χ4n) is 3.40. The van der Waals surface area contributed by atoms with E-state index in [0.717, 1.165) is 5.56 Å². The number of hydrogen-bond donors (Lipinski definition) is 1. The van der Waals surface area contributed by atoms with Gasteiger partial charge in [0.15, 0.2) is 0 Å². The van der Waals surface area contributed by atoms with E-state index in [0.29, 0.717) is 29.2 Å². The van der Waals surface area contributed by atoms with Gasteiger partial charge in [-0.25, -0.2) is 0 Å². The molecule has 1 fully saturated rings. The van der Waals surface area contributed by atoms with Gasteiger partial charge >= 0.3 is 0 Å². The quantitative estimate of drug-likeness (QED) is 0.488. The predicted molar refractivity (Wildman–Crippen MR) is 105 cm³/mol. The van der Waals surface area contributed by atoms with E-state index in [1.807, 2.05) is 19.9 Å². The number of amides is 1. The molecule has 0 aromatic heterocycles. The predicted octanol–water partition coefficient (Wildman–Crippen LogP) is 3.45. The number of ether oxygens (including phenoxy) is 2. The van der Waals surface area contributed by atoms with Gasteiger partial charge in [-0.15, -0.1) is 0 Å². The van der Waals surface area contributed by atoms with E-state index in [9.17, 15) is 14.7 Å². The highest BCUT2D eigenvalue weighted by molar-refractivity contribution is 6.46. The molecule has 0 spiro atoms. The number of likely N-dealkylation sites (tertiary alicyclic amines) is 1. The number of Topliss-reactive ketones (excluding diaryl/α,β-unsaturated/α-hetero) is 1. The Labute approximate surface area is 164 Å². The van der Waals surface area contributed by atoms with E-state index in [1.165, 1.54) is 12.0 Å². The third-order valence-corrected chi connectivity index (χ3v) is 4.79. The Kier molecular flexibility index (Phi) is 5.40. The van der Waals surface area contributed by atoms with Gasteiger partial charge in [0.2, 0.25) is 0 Å². The SMILES string of the molecule is CCOc1ccc(C2/C(=C(\O)c3cc(C)ccc3OC)C(=O)C(=O)N2C)cc1. The summed E-state index contributed by atoms with van der Waals surface area (Å²) in [5, 5.41) is 11.0. The van der Waals surface area contributed by atoms with Gasteiger partial charge in [0.25, 0.3) is 11.7 Å². The van der Waals surface area contributed by atoms with Gasteiger partial charge in [-0.3, -0.25) is 9.59 Å². The molecule has 0 radical (unpaired) electrons. The van der Waals surface area contributed by atoms with Gasteiger partial charge in [0.05, 0.1) is 30.9 Å². The maximum absolute atomic E-state index is 12.7. The summed E-state index contributed by atoms with van der Waals surface area (Å²) in [7, 11) is 3.04. The zero-order valence-corrected chi connectivity index (χ0v) is 16.4. The van der Waals surface area contributed by atoms with Crippen LogP contribution in [0.4, 0.5) is 0 Å². The summed E-state index contributed by atoms with van der Waals surface area (Å²) in [4.78, 5) is 26.4. The molecule has 3 rings (SSSR count). The molecular formula is C22H23NO5. The van der Waals surface area contributed by atoms with E-state index < -0.39 is 17.7 Å². The molecule has 0 bridgehead atoms. The number of aryl methyl sites for hydroxylation is 1. The Hall–Kier alpha value is -3.28. The molecule has 6 heteroatoms. The van der Waals surface area contributed by atoms with Crippen molar-refractivity contribution in [3.63, 3.8) is 0 Å². The zero-order valence-electron chi connectivity index (χ0n) is 16.4. The molecular weight excluding hydrogens is 358 g/mol. The second kappa shape index (κ2) is 7.76. The van der Waals surface area contributed by atoms with Gasteiger partial charge in [-0.05, 0) is 43.7 Å². The summed E-state index contributed by atoms with van der Waals surface area (Å²) in [6.45, 7) is 4.31. The molecule has 6 nitrogen and oxygen atoms in total. The molecule has 2 aromatic carbocycles. The van der Waals surface area contributed by atoms with Crippen LogP contribution in [0.3, 0.4) is 0 Å². The molecule has 1 heterocycles. The van der Waals surface area contributed by atoms with E-state index >= 15 is 0 Å². The van der Waals surface area contributed by atoms with Gasteiger partial charge in [0, 0.05) is 7.05 Å². The fourth-order valence-corrected chi connectivity index (χ4v) is 3.40. The third-order valence-electron chi connectivity index (χ3n) is 4.79. The normalized spacial score (nSPS) is 18.4. The minimum Gasteiger partial charge on any atom is -0.507 e. The summed E-state index contributed by atoms with van der Waals surface area (Å²) in [6.07, 6.45) is 0. The number of ketones is 1. The second-order valence-corrected chi connectivity index (χ2v) is 6.62. The van der Waals surface area contributed by atoms with Gasteiger partial charge in [0.1, 0.15) is 17.3 Å². The molecule has 1 atom stereocenters. The van der Waals surface area contributed by atoms with E-state index in [2.05, 4.69) is 0 Å². The molecule has 28 heavy (non-hydrogen) atoms. The minimum atomic E-state index is -0.720. The van der Waals surface area contributed by atoms with Crippen molar-refractivity contribution in [3.05, 3.63) is 64.7 Å². The van der Waals surface area contributed by atoms with E-state index in [1.54, 1.807) is 43.4 Å². The number of rotatable bonds is 5. The number of aliphatic hydroxyl groups excluding tert-OH is 1. The molecule has 1 N–H and O–H groups in total. The van der Waals surface area contributed by atoms with Crippen LogP contribution in [0.15, 0.2) is 48.0 Å². The lowest BCUT2D eigenvalue weighted by molar-refractivity contribution is -0.139. The summed E-state index contributed by atoms with van der Waals surface area (Å²) in [5.74, 6) is -0.507. The van der Waals surface area contributed by atoms with Crippen LogP contribution in [0.1, 0.15) is 29.7 Å². The lowest BCUT2D eigenvalue weighted by atomic mass is 9.94. The van der Waals surface area contributed by atoms with Crippen LogP contribution in [0.25, 0.3) is 5.76 Å². The van der Waals surface area contributed by atoms with Crippen LogP contribution in [0.5, 0.6) is 11.5 Å². The molecule has 1 aliphatic heterocycles. The van der Waals surface area contributed by atoms with E-state index in [-0.39, 0.29) is 11.3 Å². The van der Waals surface area contributed by atoms with Crippen LogP contribution in [-0.4, -0.2) is 42.5 Å². The molecule has 146 valence electrons. The Morgan fingerprint density at radius 2 is 1.82 bits per heavy atom. The average molecular weight is 381 g/mol. The number of aliphatic hydroxyl groups is 1. The van der Waals surface area contributed by atoms with Crippen LogP contribution < -0.4 is 9.47 Å². The highest BCUT2D eigenvalue weighted by atomic mass is 16.5. The highest BCUT2D eigenvalue weighted by Gasteiger charge is 2.44. The first kappa shape index (κ1) is 19.5. The van der Waals surface area contributed by atoms with Crippen molar-refractivity contribution in [2.24, 2.45) is 0 Å². The number of benzene rings is 2. The van der Waals surface area contributed by atoms with Gasteiger partial charge in [-0.2, -0.15) is 0 Å². The summed E-state index contributed by atoms with van der Waals surface area (Å²) in [6, 6.07) is 11.7. The first-order valence-corrected chi connectivity index (χ1v) is 9.01. The number of hydrogen-bond acceptors (Lipinski definition) is 5. The number of carbonyl (C=O) groups is 2. The molecule has 0 saturated carbocycles. The van der Waals surface area contributed by atoms with Crippen molar-refractivity contribution < 1.29 is 24.2 Å². The number of likely N-dealkylation sites (N-methyl/N-ethyl adjacent to an activating group) is 1. The molecule has 1 unspecified atom stereocenters. The van der Waals surface area contributed by atoms with Crippen LogP contribution in [-0.2, 0) is 9.59 Å². The van der Waals surface area contributed by atoms with Crippen LogP contribution in [0.2, 0.25) is 0 Å². The lowest BCUT2D eigenvalue weighted by Crippen LogP contribution is -2.24. The topological polar surface area (TPSA) is 76.1 Å². The Morgan fingerprint density at radius 1 is 1.14 bits per heavy atom. The highest BCUT2D eigenvalue weighted by Crippen LogP contribution is 2.40. The molecule has 1 saturated heterocycles. The number of methoxy groups -OCH3 is 1. The number of nitrogens with zero attached hydrogens (tertiary/aromatic N) is 1. The summed E-state index contributed by atoms with van der Waals surface area (Å²) in [5.41, 5.74) is 2.02. The minimum absolute atomic E-state index is 0.0422. The van der Waals surface area contributed by atoms with Crippen molar-refractivity contribution in [2.75, 3.05) is 20.8 Å². The summed E-state index contributed by atoms with van der Waals surface area (Å²) >= 11 is 0. The lowest BCUT2D eigenvalue weighted by Gasteiger charge is -2.21. The van der Waals surface area contributed by atoms with Gasteiger partial charge in [-0.1, -0.05) is 23.8 Å². The first-order chi connectivity index (χ1) is 13.4. The molecule has 1 aliphatic rings. The standard InChI is InChI=1S/C22H23NO5/c1-5-28-15-9-7-14(8-10-15)19-18(21(25)22(26)23(19)3)20(24)16-12-13(2)6-11-17(16)27-4/h6-12,19,24H,5H2,1-4H3/b20-18+. The zero-order chi connectivity index (χ0) is 20.4. The maximum Gasteiger partial charge on any atom is 0.295 e. The van der Waals surface area contributed by atoms with Crippen molar-refractivity contribution in [1.29, 1.82) is 0 Å². The average Bonchev–Trinajstić information content (AvgIpc) is 2.92. The third kappa shape index (κ3) is 3.33. The van der Waals surface area contributed by atoms with Gasteiger partial charge < -0.3 is 19.5 Å². The Morgan fingerprint density at radius 3 is 2.43 bits per heavy atom. The van der Waals surface area contributed by atoms with Crippen molar-refractivity contribution in [2.45, 2.75) is 19.9 Å². The number of carbonyl (C=O) groups excluding carboxylic acids is 2.